The van der Waals surface area contributed by atoms with E-state index in [0.717, 1.165) is 11.0 Å². The van der Waals surface area contributed by atoms with E-state index in [1.54, 1.807) is 27.7 Å². The predicted molar refractivity (Wildman–Crippen MR) is 98.7 cm³/mol. The van der Waals surface area contributed by atoms with Gasteiger partial charge < -0.3 is 9.64 Å². The third-order valence-corrected chi connectivity index (χ3v) is 3.42. The molecule has 1 heterocycles. The largest absolute Gasteiger partial charge is 0.444 e. The molecule has 27 heavy (non-hydrogen) atoms. The summed E-state index contributed by atoms with van der Waals surface area (Å²) in [5.74, 6) is -1.13. The van der Waals surface area contributed by atoms with Crippen molar-refractivity contribution in [2.45, 2.75) is 39.8 Å². The fourth-order valence-corrected chi connectivity index (χ4v) is 2.25. The molecule has 2 aromatic rings. The Balaban J connectivity index is 2.63. The van der Waals surface area contributed by atoms with Crippen LogP contribution in [0.3, 0.4) is 0 Å². The minimum atomic E-state index is -2.44. The van der Waals surface area contributed by atoms with Crippen molar-refractivity contribution in [2.24, 2.45) is 0 Å². The summed E-state index contributed by atoms with van der Waals surface area (Å²) in [7, 11) is 1.21. The van der Waals surface area contributed by atoms with Gasteiger partial charge in [0, 0.05) is 24.4 Å². The molecule has 0 spiro atoms. The lowest BCUT2D eigenvalue weighted by molar-refractivity contribution is -0.387. The number of nitro groups is 1. The molecule has 8 heteroatoms. The molecule has 7 nitrogen and oxygen atoms in total. The highest BCUT2D eigenvalue weighted by Gasteiger charge is 2.24. The van der Waals surface area contributed by atoms with Crippen LogP contribution < -0.4 is 0 Å². The quantitative estimate of drug-likeness (QED) is 0.579. The zero-order valence-corrected chi connectivity index (χ0v) is 15.7. The van der Waals surface area contributed by atoms with Crippen LogP contribution in [0, 0.1) is 22.9 Å². The number of carbonyl (C=O) groups excluding carboxylic acids is 1. The van der Waals surface area contributed by atoms with Crippen molar-refractivity contribution < 1.29 is 21.6 Å². The van der Waals surface area contributed by atoms with Gasteiger partial charge in [0.05, 0.1) is 19.9 Å². The van der Waals surface area contributed by atoms with Crippen molar-refractivity contribution in [3.63, 3.8) is 0 Å². The van der Waals surface area contributed by atoms with Crippen LogP contribution in [-0.2, 0) is 11.2 Å². The summed E-state index contributed by atoms with van der Waals surface area (Å²) in [4.78, 5) is 27.5. The molecule has 0 aliphatic carbocycles. The number of nitrogens with zero attached hydrogens (tertiary/aromatic N) is 3. The van der Waals surface area contributed by atoms with Gasteiger partial charge in [0.15, 0.2) is 0 Å². The summed E-state index contributed by atoms with van der Waals surface area (Å²) in [6.07, 6.45) is -0.923. The van der Waals surface area contributed by atoms with Crippen LogP contribution in [0.4, 0.5) is 14.9 Å². The van der Waals surface area contributed by atoms with Crippen molar-refractivity contribution >= 4 is 11.8 Å². The van der Waals surface area contributed by atoms with E-state index in [1.165, 1.54) is 31.3 Å². The highest BCUT2D eigenvalue weighted by Crippen LogP contribution is 2.30. The van der Waals surface area contributed by atoms with Gasteiger partial charge in [-0.2, -0.15) is 4.39 Å². The Morgan fingerprint density at radius 3 is 2.63 bits per heavy atom. The van der Waals surface area contributed by atoms with E-state index in [2.05, 4.69) is 4.98 Å². The minimum absolute atomic E-state index is 0.129. The highest BCUT2D eigenvalue weighted by atomic mass is 19.1. The molecule has 0 aliphatic rings. The number of rotatable bonds is 4. The van der Waals surface area contributed by atoms with E-state index in [1.807, 2.05) is 0 Å². The molecule has 144 valence electrons. The zero-order valence-electron chi connectivity index (χ0n) is 17.7. The fraction of sp³-hybridized carbons (Fsp3) is 0.368. The number of carbonyl (C=O) groups is 1. The molecule has 1 aromatic carbocycles. The minimum Gasteiger partial charge on any atom is -0.444 e. The first-order valence-electron chi connectivity index (χ1n) is 9.14. The molecule has 0 atom stereocenters. The number of hydrogen-bond donors (Lipinski definition) is 0. The molecule has 2 rings (SSSR count). The molecule has 0 unspecified atom stereocenters. The Bertz CT molecular complexity index is 961. The first-order valence-corrected chi connectivity index (χ1v) is 8.14. The van der Waals surface area contributed by atoms with Crippen molar-refractivity contribution in [3.05, 3.63) is 57.5 Å². The third-order valence-electron chi connectivity index (χ3n) is 3.42. The molecule has 0 saturated heterocycles. The molecule has 1 amide bonds. The highest BCUT2D eigenvalue weighted by molar-refractivity contribution is 5.70. The molecule has 1 aromatic heterocycles. The lowest BCUT2D eigenvalue weighted by Crippen LogP contribution is -2.34. The average Bonchev–Trinajstić information content (AvgIpc) is 2.59. The first kappa shape index (κ1) is 17.4. The summed E-state index contributed by atoms with van der Waals surface area (Å²) >= 11 is 0. The van der Waals surface area contributed by atoms with Gasteiger partial charge >= 0.3 is 11.8 Å². The SMILES string of the molecule is [2H]C([2H])(c1ccc(C)nc1-c1cccc([N+](=O)[O-])c1F)N(C)C(=O)OC(C)(C)C. The molecule has 0 aliphatic heterocycles. The Kier molecular flexibility index (Phi) is 4.95. The molecule has 0 N–H and O–H groups in total. The van der Waals surface area contributed by atoms with Crippen LogP contribution in [0.25, 0.3) is 11.3 Å². The number of nitro benzene ring substituents is 1. The lowest BCUT2D eigenvalue weighted by Gasteiger charge is -2.25. The van der Waals surface area contributed by atoms with Crippen molar-refractivity contribution in [3.8, 4) is 11.3 Å². The van der Waals surface area contributed by atoms with Gasteiger partial charge in [0.2, 0.25) is 5.82 Å². The second-order valence-electron chi connectivity index (χ2n) is 6.90. The van der Waals surface area contributed by atoms with E-state index >= 15 is 0 Å². The molecule has 0 bridgehead atoms. The van der Waals surface area contributed by atoms with Gasteiger partial charge in [-0.15, -0.1) is 0 Å². The number of benzene rings is 1. The topological polar surface area (TPSA) is 85.6 Å². The van der Waals surface area contributed by atoms with Gasteiger partial charge in [0.1, 0.15) is 5.60 Å². The van der Waals surface area contributed by atoms with Crippen molar-refractivity contribution in [2.75, 3.05) is 7.05 Å². The Morgan fingerprint density at radius 1 is 1.37 bits per heavy atom. The maximum absolute atomic E-state index is 14.8. The van der Waals surface area contributed by atoms with E-state index in [9.17, 15) is 19.3 Å². The van der Waals surface area contributed by atoms with Crippen LogP contribution in [0.5, 0.6) is 0 Å². The smallest absolute Gasteiger partial charge is 0.410 e. The number of pyridine rings is 1. The predicted octanol–water partition coefficient (Wildman–Crippen LogP) is 4.47. The second kappa shape index (κ2) is 7.69. The third kappa shape index (κ3) is 4.99. The Labute approximate surface area is 159 Å². The van der Waals surface area contributed by atoms with E-state index in [-0.39, 0.29) is 16.8 Å². The fourth-order valence-electron chi connectivity index (χ4n) is 2.25. The van der Waals surface area contributed by atoms with Gasteiger partial charge in [-0.05, 0) is 45.4 Å². The summed E-state index contributed by atoms with van der Waals surface area (Å²) < 4.78 is 36.9. The molecular formula is C19H22FN3O4. The summed E-state index contributed by atoms with van der Waals surface area (Å²) in [6, 6.07) is 6.45. The molecular weight excluding hydrogens is 353 g/mol. The van der Waals surface area contributed by atoms with E-state index < -0.39 is 34.6 Å². The van der Waals surface area contributed by atoms with Crippen LogP contribution >= 0.6 is 0 Å². The standard InChI is InChI=1S/C19H22FN3O4/c1-12-9-10-13(11-22(5)18(24)27-19(2,3)4)17(21-12)14-7-6-8-15(16(14)20)23(25)26/h6-10H,11H2,1-5H3/i11D2. The van der Waals surface area contributed by atoms with Gasteiger partial charge in [-0.1, -0.05) is 12.1 Å². The van der Waals surface area contributed by atoms with Crippen LogP contribution in [0.1, 0.15) is 34.8 Å². The van der Waals surface area contributed by atoms with Crippen LogP contribution in [-0.4, -0.2) is 33.5 Å². The summed E-state index contributed by atoms with van der Waals surface area (Å²) in [6.45, 7) is 4.12. The number of amides is 1. The molecule has 0 radical (unpaired) electrons. The number of aryl methyl sites for hydroxylation is 1. The van der Waals surface area contributed by atoms with E-state index in [4.69, 9.17) is 7.48 Å². The molecule has 0 fully saturated rings. The van der Waals surface area contributed by atoms with E-state index in [0.29, 0.717) is 5.69 Å². The number of aromatic nitrogens is 1. The monoisotopic (exact) mass is 377 g/mol. The average molecular weight is 377 g/mol. The Hall–Kier alpha value is -3.03. The zero-order chi connectivity index (χ0) is 22.1. The number of ether oxygens (including phenoxy) is 1. The van der Waals surface area contributed by atoms with Gasteiger partial charge in [0.25, 0.3) is 0 Å². The maximum atomic E-state index is 14.8. The van der Waals surface area contributed by atoms with Crippen LogP contribution in [0.15, 0.2) is 30.3 Å². The summed E-state index contributed by atoms with van der Waals surface area (Å²) in [5, 5.41) is 11.1. The first-order chi connectivity index (χ1) is 13.3. The van der Waals surface area contributed by atoms with Crippen LogP contribution in [0.2, 0.25) is 0 Å². The molecule has 0 saturated carbocycles. The number of halogens is 1. The Morgan fingerprint density at radius 2 is 2.04 bits per heavy atom. The number of hydrogen-bond acceptors (Lipinski definition) is 5. The van der Waals surface area contributed by atoms with Gasteiger partial charge in [-0.3, -0.25) is 15.1 Å². The van der Waals surface area contributed by atoms with Crippen molar-refractivity contribution in [1.29, 1.82) is 0 Å². The maximum Gasteiger partial charge on any atom is 0.410 e. The summed E-state index contributed by atoms with van der Waals surface area (Å²) in [5.41, 5.74) is -1.65. The van der Waals surface area contributed by atoms with Gasteiger partial charge in [-0.25, -0.2) is 4.79 Å². The lowest BCUT2D eigenvalue weighted by atomic mass is 10.0. The van der Waals surface area contributed by atoms with Crippen molar-refractivity contribution in [1.82, 2.24) is 9.88 Å². The normalized spacial score (nSPS) is 12.8. The second-order valence-corrected chi connectivity index (χ2v) is 6.90.